The molecule has 0 saturated carbocycles. The van der Waals surface area contributed by atoms with E-state index >= 15 is 0 Å². The van der Waals surface area contributed by atoms with Crippen LogP contribution in [-0.2, 0) is 19.4 Å². The molecule has 8 heteroatoms. The zero-order valence-corrected chi connectivity index (χ0v) is 12.3. The van der Waals surface area contributed by atoms with Crippen LogP contribution in [0.1, 0.15) is 6.42 Å². The van der Waals surface area contributed by atoms with Crippen molar-refractivity contribution >= 4 is 27.3 Å². The lowest BCUT2D eigenvalue weighted by atomic mass is 10.2. The van der Waals surface area contributed by atoms with E-state index in [-0.39, 0.29) is 17.3 Å². The minimum atomic E-state index is -3.12. The lowest BCUT2D eigenvalue weighted by molar-refractivity contribution is -0.143. The summed E-state index contributed by atoms with van der Waals surface area (Å²) in [5.41, 5.74) is 0.374. The van der Waals surface area contributed by atoms with Crippen molar-refractivity contribution in [2.75, 3.05) is 23.9 Å². The Balaban J connectivity index is 1.99. The third-order valence-electron chi connectivity index (χ3n) is 3.40. The zero-order valence-electron chi connectivity index (χ0n) is 11.4. The molecule has 1 aliphatic rings. The first-order valence-electron chi connectivity index (χ1n) is 6.36. The first kappa shape index (κ1) is 15.3. The Morgan fingerprint density at radius 1 is 1.29 bits per heavy atom. The number of sulfone groups is 1. The molecular formula is C13H16N2O5S. The molecule has 7 nitrogen and oxygen atoms in total. The lowest BCUT2D eigenvalue weighted by Crippen LogP contribution is -2.43. The van der Waals surface area contributed by atoms with Gasteiger partial charge in [0.2, 0.25) is 0 Å². The molecule has 114 valence electrons. The van der Waals surface area contributed by atoms with Crippen LogP contribution in [-0.4, -0.2) is 54.8 Å². The van der Waals surface area contributed by atoms with Crippen molar-refractivity contribution in [3.63, 3.8) is 0 Å². The highest BCUT2D eigenvalue weighted by Crippen LogP contribution is 2.17. The van der Waals surface area contributed by atoms with E-state index in [0.29, 0.717) is 12.1 Å². The van der Waals surface area contributed by atoms with Crippen molar-refractivity contribution < 1.29 is 23.1 Å². The Morgan fingerprint density at radius 2 is 1.90 bits per heavy atom. The van der Waals surface area contributed by atoms with E-state index in [2.05, 4.69) is 5.32 Å². The highest BCUT2D eigenvalue weighted by molar-refractivity contribution is 7.91. The number of phenolic OH excluding ortho intramolecular Hbond substituents is 1. The fraction of sp³-hybridized carbons (Fsp3) is 0.385. The molecule has 0 spiro atoms. The summed E-state index contributed by atoms with van der Waals surface area (Å²) in [7, 11) is -1.70. The van der Waals surface area contributed by atoms with E-state index in [1.54, 1.807) is 0 Å². The first-order chi connectivity index (χ1) is 9.78. The molecule has 1 heterocycles. The summed E-state index contributed by atoms with van der Waals surface area (Å²) in [6.07, 6.45) is 0.344. The van der Waals surface area contributed by atoms with Gasteiger partial charge < -0.3 is 15.3 Å². The molecule has 1 aromatic carbocycles. The molecule has 2 rings (SSSR count). The molecule has 2 amide bonds. The first-order valence-corrected chi connectivity index (χ1v) is 8.18. The van der Waals surface area contributed by atoms with E-state index in [1.807, 2.05) is 0 Å². The Bertz CT molecular complexity index is 654. The molecular weight excluding hydrogens is 296 g/mol. The van der Waals surface area contributed by atoms with Crippen LogP contribution in [0.15, 0.2) is 24.3 Å². The summed E-state index contributed by atoms with van der Waals surface area (Å²) < 4.78 is 22.8. The van der Waals surface area contributed by atoms with Gasteiger partial charge in [-0.2, -0.15) is 0 Å². The van der Waals surface area contributed by atoms with Gasteiger partial charge in [-0.3, -0.25) is 9.59 Å². The highest BCUT2D eigenvalue weighted by Gasteiger charge is 2.34. The summed E-state index contributed by atoms with van der Waals surface area (Å²) in [6, 6.07) is 5.22. The second-order valence-electron chi connectivity index (χ2n) is 4.97. The van der Waals surface area contributed by atoms with Crippen LogP contribution in [0.5, 0.6) is 5.75 Å². The van der Waals surface area contributed by atoms with Gasteiger partial charge in [-0.05, 0) is 30.7 Å². The van der Waals surface area contributed by atoms with Crippen molar-refractivity contribution in [3.05, 3.63) is 24.3 Å². The molecule has 1 fully saturated rings. The topological polar surface area (TPSA) is 104 Å². The Kier molecular flexibility index (Phi) is 4.17. The van der Waals surface area contributed by atoms with Crippen LogP contribution >= 0.6 is 0 Å². The molecule has 1 unspecified atom stereocenters. The fourth-order valence-electron chi connectivity index (χ4n) is 2.14. The quantitative estimate of drug-likeness (QED) is 0.590. The Hall–Kier alpha value is -2.09. The van der Waals surface area contributed by atoms with Crippen molar-refractivity contribution in [3.8, 4) is 5.75 Å². The lowest BCUT2D eigenvalue weighted by Gasteiger charge is -2.22. The Morgan fingerprint density at radius 3 is 2.43 bits per heavy atom. The molecule has 2 N–H and O–H groups in total. The highest BCUT2D eigenvalue weighted by atomic mass is 32.2. The molecule has 0 radical (unpaired) electrons. The Labute approximate surface area is 122 Å². The van der Waals surface area contributed by atoms with Crippen LogP contribution in [0.2, 0.25) is 0 Å². The van der Waals surface area contributed by atoms with E-state index in [1.165, 1.54) is 36.2 Å². The predicted molar refractivity (Wildman–Crippen MR) is 76.6 cm³/mol. The van der Waals surface area contributed by atoms with Gasteiger partial charge in [0, 0.05) is 18.8 Å². The smallest absolute Gasteiger partial charge is 0.313 e. The number of likely N-dealkylation sites (N-methyl/N-ethyl adjacent to an activating group) is 1. The van der Waals surface area contributed by atoms with Crippen LogP contribution in [0.25, 0.3) is 0 Å². The number of anilines is 1. The van der Waals surface area contributed by atoms with Gasteiger partial charge in [0.1, 0.15) is 5.75 Å². The predicted octanol–water partition coefficient (Wildman–Crippen LogP) is -0.0238. The van der Waals surface area contributed by atoms with E-state index < -0.39 is 27.7 Å². The van der Waals surface area contributed by atoms with Gasteiger partial charge in [-0.1, -0.05) is 0 Å². The molecule has 21 heavy (non-hydrogen) atoms. The number of phenols is 1. The zero-order chi connectivity index (χ0) is 15.6. The SMILES string of the molecule is CN(C(=O)C(=O)Nc1ccc(O)cc1)C1CCS(=O)(=O)C1. The monoisotopic (exact) mass is 312 g/mol. The number of carbonyl (C=O) groups is 2. The molecule has 1 saturated heterocycles. The summed E-state index contributed by atoms with van der Waals surface area (Å²) in [5.74, 6) is -1.65. The van der Waals surface area contributed by atoms with E-state index in [0.717, 1.165) is 0 Å². The molecule has 0 bridgehead atoms. The molecule has 1 aromatic rings. The van der Waals surface area contributed by atoms with E-state index in [4.69, 9.17) is 5.11 Å². The van der Waals surface area contributed by atoms with Crippen LogP contribution in [0.4, 0.5) is 5.69 Å². The normalized spacial score (nSPS) is 20.0. The second kappa shape index (κ2) is 5.72. The van der Waals surface area contributed by atoms with Gasteiger partial charge in [0.25, 0.3) is 0 Å². The number of carbonyl (C=O) groups excluding carboxylic acids is 2. The number of amides is 2. The van der Waals surface area contributed by atoms with Crippen molar-refractivity contribution in [2.24, 2.45) is 0 Å². The molecule has 0 aromatic heterocycles. The van der Waals surface area contributed by atoms with Gasteiger partial charge >= 0.3 is 11.8 Å². The summed E-state index contributed by atoms with van der Waals surface area (Å²) >= 11 is 0. The van der Waals surface area contributed by atoms with E-state index in [9.17, 15) is 18.0 Å². The standard InChI is InChI=1S/C13H16N2O5S/c1-15(10-6-7-21(19,20)8-10)13(18)12(17)14-9-2-4-11(16)5-3-9/h2-5,10,16H,6-8H2,1H3,(H,14,17). The maximum absolute atomic E-state index is 12.0. The van der Waals surface area contributed by atoms with Gasteiger partial charge in [0.05, 0.1) is 11.5 Å². The largest absolute Gasteiger partial charge is 0.508 e. The van der Waals surface area contributed by atoms with Gasteiger partial charge in [-0.15, -0.1) is 0 Å². The maximum atomic E-state index is 12.0. The minimum Gasteiger partial charge on any atom is -0.508 e. The number of nitrogens with zero attached hydrogens (tertiary/aromatic N) is 1. The summed E-state index contributed by atoms with van der Waals surface area (Å²) in [5, 5.41) is 11.5. The van der Waals surface area contributed by atoms with Crippen molar-refractivity contribution in [1.29, 1.82) is 0 Å². The molecule has 0 aliphatic carbocycles. The minimum absolute atomic E-state index is 0.0366. The summed E-state index contributed by atoms with van der Waals surface area (Å²) in [4.78, 5) is 25.0. The number of benzene rings is 1. The number of aromatic hydroxyl groups is 1. The summed E-state index contributed by atoms with van der Waals surface area (Å²) in [6.45, 7) is 0. The molecule has 1 atom stereocenters. The average Bonchev–Trinajstić information content (AvgIpc) is 2.80. The fourth-order valence-corrected chi connectivity index (χ4v) is 3.91. The number of hydrogen-bond acceptors (Lipinski definition) is 5. The van der Waals surface area contributed by atoms with Crippen LogP contribution in [0.3, 0.4) is 0 Å². The maximum Gasteiger partial charge on any atom is 0.313 e. The number of nitrogens with one attached hydrogen (secondary N) is 1. The third-order valence-corrected chi connectivity index (χ3v) is 5.15. The average molecular weight is 312 g/mol. The van der Waals surface area contributed by atoms with Crippen LogP contribution < -0.4 is 5.32 Å². The third kappa shape index (κ3) is 3.72. The van der Waals surface area contributed by atoms with Crippen molar-refractivity contribution in [1.82, 2.24) is 4.90 Å². The number of hydrogen-bond donors (Lipinski definition) is 2. The molecule has 1 aliphatic heterocycles. The van der Waals surface area contributed by atoms with Crippen molar-refractivity contribution in [2.45, 2.75) is 12.5 Å². The van der Waals surface area contributed by atoms with Gasteiger partial charge in [-0.25, -0.2) is 8.42 Å². The second-order valence-corrected chi connectivity index (χ2v) is 7.20. The van der Waals surface area contributed by atoms with Crippen LogP contribution in [0, 0.1) is 0 Å². The number of rotatable bonds is 2. The van der Waals surface area contributed by atoms with Gasteiger partial charge in [0.15, 0.2) is 9.84 Å².